The maximum absolute atomic E-state index is 12.2. The highest BCUT2D eigenvalue weighted by atomic mass is 32.2. The number of carbonyl (C=O) groups is 1. The molecule has 0 spiro atoms. The minimum absolute atomic E-state index is 0.0255. The van der Waals surface area contributed by atoms with Crippen molar-refractivity contribution >= 4 is 26.0 Å². The number of aryl methyl sites for hydroxylation is 1. The number of hydrogen-bond donors (Lipinski definition) is 3. The van der Waals surface area contributed by atoms with Gasteiger partial charge in [-0.05, 0) is 56.7 Å². The van der Waals surface area contributed by atoms with Crippen LogP contribution >= 0.6 is 0 Å². The molecule has 2 rings (SSSR count). The molecule has 0 aliphatic rings. The van der Waals surface area contributed by atoms with Crippen molar-refractivity contribution in [3.63, 3.8) is 0 Å². The molecule has 0 saturated heterocycles. The van der Waals surface area contributed by atoms with E-state index >= 15 is 0 Å². The molecule has 9 nitrogen and oxygen atoms in total. The highest BCUT2D eigenvalue weighted by molar-refractivity contribution is 7.89. The summed E-state index contributed by atoms with van der Waals surface area (Å²) in [4.78, 5) is 12.2. The molecule has 0 bridgehead atoms. The Bertz CT molecular complexity index is 1100. The second-order valence-electron chi connectivity index (χ2n) is 7.25. The lowest BCUT2D eigenvalue weighted by atomic mass is 10.2. The molecular formula is C21H29N3O6S2. The lowest BCUT2D eigenvalue weighted by Crippen LogP contribution is -2.36. The fraction of sp³-hybridized carbons (Fsp3) is 0.381. The monoisotopic (exact) mass is 483 g/mol. The molecule has 0 heterocycles. The Morgan fingerprint density at radius 1 is 0.906 bits per heavy atom. The van der Waals surface area contributed by atoms with Crippen molar-refractivity contribution in [3.8, 4) is 5.75 Å². The average molecular weight is 484 g/mol. The fourth-order valence-corrected chi connectivity index (χ4v) is 4.88. The van der Waals surface area contributed by atoms with Gasteiger partial charge in [-0.3, -0.25) is 4.79 Å². The third-order valence-electron chi connectivity index (χ3n) is 4.54. The maximum atomic E-state index is 12.2. The Morgan fingerprint density at radius 3 is 2.06 bits per heavy atom. The summed E-state index contributed by atoms with van der Waals surface area (Å²) in [6.45, 7) is 5.35. The van der Waals surface area contributed by atoms with Crippen molar-refractivity contribution < 1.29 is 26.4 Å². The minimum Gasteiger partial charge on any atom is -0.484 e. The quantitative estimate of drug-likeness (QED) is 0.393. The van der Waals surface area contributed by atoms with Crippen LogP contribution in [-0.2, 0) is 24.8 Å². The zero-order chi connectivity index (χ0) is 23.8. The molecule has 2 aromatic carbocycles. The van der Waals surface area contributed by atoms with Crippen molar-refractivity contribution in [2.75, 3.05) is 19.7 Å². The van der Waals surface area contributed by atoms with Gasteiger partial charge in [0, 0.05) is 19.1 Å². The van der Waals surface area contributed by atoms with Gasteiger partial charge in [0.2, 0.25) is 20.0 Å². The molecule has 0 saturated carbocycles. The van der Waals surface area contributed by atoms with Crippen molar-refractivity contribution in [2.45, 2.75) is 43.0 Å². The van der Waals surface area contributed by atoms with Crippen LogP contribution in [0.25, 0.3) is 0 Å². The van der Waals surface area contributed by atoms with Crippen LogP contribution in [0, 0.1) is 6.92 Å². The number of nitrogens with one attached hydrogen (secondary N) is 3. The van der Waals surface area contributed by atoms with E-state index < -0.39 is 26.0 Å². The second-order valence-corrected chi connectivity index (χ2v) is 10.7. The van der Waals surface area contributed by atoms with E-state index in [0.29, 0.717) is 12.2 Å². The van der Waals surface area contributed by atoms with Crippen LogP contribution < -0.4 is 19.5 Å². The molecule has 2 aromatic rings. The summed E-state index contributed by atoms with van der Waals surface area (Å²) in [6, 6.07) is 12.0. The number of hydrogen-bond acceptors (Lipinski definition) is 6. The zero-order valence-electron chi connectivity index (χ0n) is 18.3. The second kappa shape index (κ2) is 11.4. The van der Waals surface area contributed by atoms with Gasteiger partial charge in [0.1, 0.15) is 5.75 Å². The van der Waals surface area contributed by atoms with Gasteiger partial charge in [0.05, 0.1) is 9.79 Å². The van der Waals surface area contributed by atoms with Gasteiger partial charge in [-0.25, -0.2) is 26.3 Å². The first-order valence-corrected chi connectivity index (χ1v) is 13.1. The van der Waals surface area contributed by atoms with Gasteiger partial charge in [0.15, 0.2) is 6.61 Å². The van der Waals surface area contributed by atoms with Crippen LogP contribution in [0.2, 0.25) is 0 Å². The molecular weight excluding hydrogens is 454 g/mol. The van der Waals surface area contributed by atoms with Gasteiger partial charge in [0.25, 0.3) is 5.91 Å². The molecule has 3 N–H and O–H groups in total. The first-order chi connectivity index (χ1) is 15.0. The Kier molecular flexibility index (Phi) is 9.20. The summed E-state index contributed by atoms with van der Waals surface area (Å²) < 4.78 is 59.2. The highest BCUT2D eigenvalue weighted by Gasteiger charge is 2.16. The van der Waals surface area contributed by atoms with E-state index in [0.717, 1.165) is 5.56 Å². The third kappa shape index (κ3) is 7.90. The van der Waals surface area contributed by atoms with Gasteiger partial charge < -0.3 is 10.1 Å². The smallest absolute Gasteiger partial charge is 0.257 e. The topological polar surface area (TPSA) is 131 Å². The van der Waals surface area contributed by atoms with Gasteiger partial charge in [-0.2, -0.15) is 0 Å². The predicted molar refractivity (Wildman–Crippen MR) is 121 cm³/mol. The Labute approximate surface area is 189 Å². The van der Waals surface area contributed by atoms with Gasteiger partial charge in [-0.15, -0.1) is 0 Å². The lowest BCUT2D eigenvalue weighted by molar-refractivity contribution is -0.123. The standard InChI is InChI=1S/C21H29N3O6S2/c1-4-17(3)24-32(28,29)20-11-7-18(8-12-20)30-15-21(25)22-13-14-23-31(26,27)19-9-5-16(2)6-10-19/h5-12,17,23-24H,4,13-15H2,1-3H3,(H,22,25)/t17-/m0/s1. The number of sulfonamides is 2. The molecule has 0 aliphatic carbocycles. The summed E-state index contributed by atoms with van der Waals surface area (Å²) in [6.07, 6.45) is 0.670. The van der Waals surface area contributed by atoms with E-state index in [9.17, 15) is 21.6 Å². The fourth-order valence-electron chi connectivity index (χ4n) is 2.52. The van der Waals surface area contributed by atoms with E-state index in [1.165, 1.54) is 36.4 Å². The molecule has 176 valence electrons. The van der Waals surface area contributed by atoms with Crippen molar-refractivity contribution in [3.05, 3.63) is 54.1 Å². The van der Waals surface area contributed by atoms with E-state index in [2.05, 4.69) is 14.8 Å². The van der Waals surface area contributed by atoms with Crippen molar-refractivity contribution in [1.82, 2.24) is 14.8 Å². The average Bonchev–Trinajstić information content (AvgIpc) is 2.75. The number of amides is 1. The van der Waals surface area contributed by atoms with Crippen LogP contribution in [0.1, 0.15) is 25.8 Å². The van der Waals surface area contributed by atoms with Gasteiger partial charge in [-0.1, -0.05) is 24.6 Å². The SMILES string of the molecule is CC[C@H](C)NS(=O)(=O)c1ccc(OCC(=O)NCCNS(=O)(=O)c2ccc(C)cc2)cc1. The zero-order valence-corrected chi connectivity index (χ0v) is 19.9. The molecule has 1 atom stereocenters. The first kappa shape index (κ1) is 25.8. The van der Waals surface area contributed by atoms with E-state index in [-0.39, 0.29) is 35.5 Å². The predicted octanol–water partition coefficient (Wildman–Crippen LogP) is 1.55. The number of carbonyl (C=O) groups excluding carboxylic acids is 1. The molecule has 0 fully saturated rings. The first-order valence-electron chi connectivity index (χ1n) is 10.1. The minimum atomic E-state index is -3.64. The molecule has 0 unspecified atom stereocenters. The van der Waals surface area contributed by atoms with Crippen LogP contribution in [0.3, 0.4) is 0 Å². The van der Waals surface area contributed by atoms with Crippen molar-refractivity contribution in [1.29, 1.82) is 0 Å². The largest absolute Gasteiger partial charge is 0.484 e. The molecule has 1 amide bonds. The third-order valence-corrected chi connectivity index (χ3v) is 7.63. The summed E-state index contributed by atoms with van der Waals surface area (Å²) in [5, 5.41) is 2.55. The Morgan fingerprint density at radius 2 is 1.47 bits per heavy atom. The molecule has 0 aromatic heterocycles. The number of rotatable bonds is 12. The highest BCUT2D eigenvalue weighted by Crippen LogP contribution is 2.16. The van der Waals surface area contributed by atoms with Crippen molar-refractivity contribution in [2.24, 2.45) is 0 Å². The summed E-state index contributed by atoms with van der Waals surface area (Å²) in [5.74, 6) is -0.0996. The summed E-state index contributed by atoms with van der Waals surface area (Å²) in [5.41, 5.74) is 0.954. The molecule has 32 heavy (non-hydrogen) atoms. The van der Waals surface area contributed by atoms with Crippen LogP contribution in [0.15, 0.2) is 58.3 Å². The van der Waals surface area contributed by atoms with E-state index in [1.807, 2.05) is 13.8 Å². The van der Waals surface area contributed by atoms with E-state index in [1.54, 1.807) is 19.1 Å². The van der Waals surface area contributed by atoms with Gasteiger partial charge >= 0.3 is 0 Å². The number of benzene rings is 2. The molecule has 0 radical (unpaired) electrons. The van der Waals surface area contributed by atoms with Crippen LogP contribution in [0.4, 0.5) is 0 Å². The molecule has 11 heteroatoms. The number of ether oxygens (including phenoxy) is 1. The Hall–Kier alpha value is -2.47. The Balaban J connectivity index is 1.75. The van der Waals surface area contributed by atoms with Crippen LogP contribution in [0.5, 0.6) is 5.75 Å². The maximum Gasteiger partial charge on any atom is 0.257 e. The van der Waals surface area contributed by atoms with E-state index in [4.69, 9.17) is 4.74 Å². The van der Waals surface area contributed by atoms with Crippen LogP contribution in [-0.4, -0.2) is 48.5 Å². The lowest BCUT2D eigenvalue weighted by Gasteiger charge is -2.12. The normalized spacial score (nSPS) is 12.8. The summed E-state index contributed by atoms with van der Waals surface area (Å²) in [7, 11) is -7.25. The molecule has 0 aliphatic heterocycles. The summed E-state index contributed by atoms with van der Waals surface area (Å²) >= 11 is 0.